The molecule has 0 aromatic carbocycles. The van der Waals surface area contributed by atoms with Crippen LogP contribution in [0.2, 0.25) is 0 Å². The predicted molar refractivity (Wildman–Crippen MR) is 102 cm³/mol. The van der Waals surface area contributed by atoms with E-state index in [0.717, 1.165) is 25.7 Å². The first-order valence-electron chi connectivity index (χ1n) is 8.66. The summed E-state index contributed by atoms with van der Waals surface area (Å²) in [7, 11) is 0. The van der Waals surface area contributed by atoms with Crippen molar-refractivity contribution >= 4 is 43.7 Å². The number of carboxylic acids is 4. The van der Waals surface area contributed by atoms with E-state index in [9.17, 15) is 39.6 Å². The van der Waals surface area contributed by atoms with Crippen molar-refractivity contribution in [1.82, 2.24) is 0 Å². The van der Waals surface area contributed by atoms with Crippen molar-refractivity contribution in [2.45, 2.75) is 61.2 Å². The van der Waals surface area contributed by atoms with Crippen molar-refractivity contribution in [3.63, 3.8) is 0 Å². The molecule has 1 unspecified atom stereocenters. The van der Waals surface area contributed by atoms with Crippen LogP contribution in [0, 0.1) is 5.92 Å². The van der Waals surface area contributed by atoms with Crippen LogP contribution in [0.3, 0.4) is 0 Å². The summed E-state index contributed by atoms with van der Waals surface area (Å²) >= 11 is -2.63. The number of halogens is 1. The van der Waals surface area contributed by atoms with Crippen LogP contribution in [0.15, 0.2) is 0 Å². The summed E-state index contributed by atoms with van der Waals surface area (Å²) in [6.07, 6.45) is 3.42. The summed E-state index contributed by atoms with van der Waals surface area (Å²) in [6.45, 7) is 0. The van der Waals surface area contributed by atoms with Crippen LogP contribution in [0.25, 0.3) is 0 Å². The van der Waals surface area contributed by atoms with Gasteiger partial charge in [-0.15, -0.1) is 0 Å². The van der Waals surface area contributed by atoms with Crippen LogP contribution in [-0.2, 0) is 19.2 Å². The Morgan fingerprint density at radius 3 is 1.81 bits per heavy atom. The number of hydrogen-bond donors (Lipinski definition) is 4. The van der Waals surface area contributed by atoms with Crippen LogP contribution in [-0.4, -0.2) is 56.6 Å². The van der Waals surface area contributed by atoms with Gasteiger partial charge in [-0.1, -0.05) is 0 Å². The number of aliphatic carboxylic acids is 4. The second-order valence-electron chi connectivity index (χ2n) is 6.70. The van der Waals surface area contributed by atoms with Gasteiger partial charge in [0.1, 0.15) is 0 Å². The van der Waals surface area contributed by atoms with Gasteiger partial charge in [0.15, 0.2) is 0 Å². The van der Waals surface area contributed by atoms with Crippen molar-refractivity contribution in [3.8, 4) is 0 Å². The molecule has 0 saturated carbocycles. The fraction of sp³-hybridized carbons (Fsp3) is 0.765. The van der Waals surface area contributed by atoms with Crippen LogP contribution in [0.5, 0.6) is 0 Å². The fourth-order valence-electron chi connectivity index (χ4n) is 3.72. The predicted octanol–water partition coefficient (Wildman–Crippen LogP) is 2.71. The van der Waals surface area contributed by atoms with Gasteiger partial charge in [-0.25, -0.2) is 0 Å². The molecular formula is C17H27IO8. The van der Waals surface area contributed by atoms with Crippen molar-refractivity contribution in [3.05, 3.63) is 0 Å². The van der Waals surface area contributed by atoms with Crippen LogP contribution < -0.4 is 0 Å². The van der Waals surface area contributed by atoms with Crippen LogP contribution >= 0.6 is 19.8 Å². The molecule has 0 aromatic heterocycles. The van der Waals surface area contributed by atoms with E-state index in [2.05, 4.69) is 0 Å². The Labute approximate surface area is 159 Å². The van der Waals surface area contributed by atoms with Gasteiger partial charge >= 0.3 is 159 Å². The molecule has 1 aliphatic heterocycles. The third-order valence-electron chi connectivity index (χ3n) is 4.77. The molecule has 1 fully saturated rings. The maximum absolute atomic E-state index is 11.6. The topological polar surface area (TPSA) is 149 Å². The zero-order chi connectivity index (χ0) is 19.7. The number of alkyl halides is 3. The molecule has 0 amide bonds. The summed E-state index contributed by atoms with van der Waals surface area (Å²) in [5.74, 6) is -5.15. The molecule has 1 heterocycles. The minimum atomic E-state index is -2.63. The quantitative estimate of drug-likeness (QED) is 0.302. The third-order valence-corrected chi connectivity index (χ3v) is 13.1. The average Bonchev–Trinajstić information content (AvgIpc) is 2.48. The second kappa shape index (κ2) is 10.7. The molecule has 0 aromatic rings. The molecule has 0 bridgehead atoms. The number of carbonyl (C=O) groups is 4. The second-order valence-corrected chi connectivity index (χ2v) is 13.3. The zero-order valence-corrected chi connectivity index (χ0v) is 16.8. The summed E-state index contributed by atoms with van der Waals surface area (Å²) in [6, 6.07) is 0. The Morgan fingerprint density at radius 2 is 1.31 bits per heavy atom. The van der Waals surface area contributed by atoms with E-state index < -0.39 is 65.9 Å². The SMILES string of the molecule is O=C(O)CC1CCCCCCCI(CC(=O)O)C1(CC(=O)O)CC(=O)O. The first kappa shape index (κ1) is 22.7. The molecule has 0 aliphatic carbocycles. The normalized spacial score (nSPS) is 22.3. The third kappa shape index (κ3) is 7.08. The van der Waals surface area contributed by atoms with Gasteiger partial charge in [-0.2, -0.15) is 0 Å². The molecule has 9 heteroatoms. The molecule has 0 spiro atoms. The van der Waals surface area contributed by atoms with E-state index in [-0.39, 0.29) is 10.8 Å². The molecule has 1 rings (SSSR count). The Kier molecular flexibility index (Phi) is 9.31. The molecule has 26 heavy (non-hydrogen) atoms. The molecule has 1 saturated heterocycles. The molecule has 1 atom stereocenters. The van der Waals surface area contributed by atoms with Crippen molar-refractivity contribution in [1.29, 1.82) is 0 Å². The van der Waals surface area contributed by atoms with E-state index in [1.54, 1.807) is 0 Å². The average molecular weight is 486 g/mol. The summed E-state index contributed by atoms with van der Waals surface area (Å²) in [5.41, 5.74) is 0. The molecular weight excluding hydrogens is 459 g/mol. The Balaban J connectivity index is 3.45. The van der Waals surface area contributed by atoms with Crippen LogP contribution in [0.4, 0.5) is 0 Å². The zero-order valence-electron chi connectivity index (χ0n) is 14.7. The van der Waals surface area contributed by atoms with E-state index in [1.807, 2.05) is 0 Å². The minimum absolute atomic E-state index is 0.194. The van der Waals surface area contributed by atoms with Crippen molar-refractivity contribution in [2.24, 2.45) is 5.92 Å². The number of carboxylic acid groups (broad SMARTS) is 4. The van der Waals surface area contributed by atoms with Crippen molar-refractivity contribution < 1.29 is 39.6 Å². The summed E-state index contributed by atoms with van der Waals surface area (Å²) < 4.78 is -0.872. The number of rotatable bonds is 8. The van der Waals surface area contributed by atoms with Crippen molar-refractivity contribution in [2.75, 3.05) is 8.86 Å². The molecule has 4 N–H and O–H groups in total. The Bertz CT molecular complexity index is 487. The van der Waals surface area contributed by atoms with Gasteiger partial charge in [0.2, 0.25) is 0 Å². The first-order chi connectivity index (χ1) is 12.2. The fourth-order valence-corrected chi connectivity index (χ4v) is 11.7. The molecule has 1 aliphatic rings. The van der Waals surface area contributed by atoms with Gasteiger partial charge in [0, 0.05) is 0 Å². The number of hydrogen-bond acceptors (Lipinski definition) is 4. The molecule has 150 valence electrons. The van der Waals surface area contributed by atoms with Crippen LogP contribution in [0.1, 0.15) is 57.8 Å². The van der Waals surface area contributed by atoms with Gasteiger partial charge in [-0.05, 0) is 0 Å². The van der Waals surface area contributed by atoms with E-state index in [0.29, 0.717) is 17.3 Å². The van der Waals surface area contributed by atoms with E-state index in [4.69, 9.17) is 0 Å². The van der Waals surface area contributed by atoms with Gasteiger partial charge in [0.05, 0.1) is 0 Å². The van der Waals surface area contributed by atoms with Gasteiger partial charge in [-0.3, -0.25) is 0 Å². The van der Waals surface area contributed by atoms with E-state index in [1.165, 1.54) is 0 Å². The molecule has 8 nitrogen and oxygen atoms in total. The summed E-state index contributed by atoms with van der Waals surface area (Å²) in [4.78, 5) is 46.1. The maximum atomic E-state index is 11.6. The Hall–Kier alpha value is -1.39. The monoisotopic (exact) mass is 486 g/mol. The standard InChI is InChI=1S/C17H27IO8/c19-13(20)8-12-6-4-2-1-3-5-7-18(11-16(25)26)17(12,9-14(21)22)10-15(23)24/h12H,1-11H2,(H,19,20)(H,21,22)(H,23,24)(H,25,26). The van der Waals surface area contributed by atoms with Gasteiger partial charge in [0.25, 0.3) is 0 Å². The van der Waals surface area contributed by atoms with Gasteiger partial charge < -0.3 is 0 Å². The first-order valence-corrected chi connectivity index (χ1v) is 12.8. The summed E-state index contributed by atoms with van der Waals surface area (Å²) in [5, 5.41) is 37.6. The molecule has 0 radical (unpaired) electrons. The van der Waals surface area contributed by atoms with E-state index >= 15 is 0 Å². The Morgan fingerprint density at radius 1 is 0.769 bits per heavy atom.